The van der Waals surface area contributed by atoms with Crippen LogP contribution in [0.1, 0.15) is 5.56 Å². The van der Waals surface area contributed by atoms with Gasteiger partial charge in [-0.3, -0.25) is 0 Å². The van der Waals surface area contributed by atoms with Crippen molar-refractivity contribution in [1.82, 2.24) is 9.78 Å². The van der Waals surface area contributed by atoms with E-state index in [4.69, 9.17) is 16.3 Å². The molecule has 0 saturated carbocycles. The average Bonchev–Trinajstić information content (AvgIpc) is 2.72. The first-order valence-electron chi connectivity index (χ1n) is 5.37. The SMILES string of the molecule is COc1ccc(Cn2ncc(N(C)[O-])c2Cl)cc1. The van der Waals surface area contributed by atoms with Crippen LogP contribution in [0.3, 0.4) is 0 Å². The lowest BCUT2D eigenvalue weighted by Gasteiger charge is -2.22. The van der Waals surface area contributed by atoms with Gasteiger partial charge in [0.25, 0.3) is 0 Å². The molecule has 6 heteroatoms. The Labute approximate surface area is 110 Å². The highest BCUT2D eigenvalue weighted by Gasteiger charge is 2.08. The first-order chi connectivity index (χ1) is 8.61. The summed E-state index contributed by atoms with van der Waals surface area (Å²) in [5.74, 6) is 0.797. The van der Waals surface area contributed by atoms with Gasteiger partial charge in [0.2, 0.25) is 0 Å². The zero-order chi connectivity index (χ0) is 13.1. The Morgan fingerprint density at radius 3 is 2.56 bits per heavy atom. The van der Waals surface area contributed by atoms with E-state index in [0.717, 1.165) is 11.3 Å². The molecule has 0 aliphatic heterocycles. The fourth-order valence-corrected chi connectivity index (χ4v) is 1.86. The molecule has 5 nitrogen and oxygen atoms in total. The molecule has 18 heavy (non-hydrogen) atoms. The van der Waals surface area contributed by atoms with E-state index in [-0.39, 0.29) is 0 Å². The van der Waals surface area contributed by atoms with Crippen LogP contribution in [0.15, 0.2) is 30.5 Å². The lowest BCUT2D eigenvalue weighted by atomic mass is 10.2. The van der Waals surface area contributed by atoms with Crippen molar-refractivity contribution in [3.63, 3.8) is 0 Å². The number of halogens is 1. The summed E-state index contributed by atoms with van der Waals surface area (Å²) in [4.78, 5) is 0. The number of anilines is 1. The Bertz CT molecular complexity index is 523. The Kier molecular flexibility index (Phi) is 3.74. The Morgan fingerprint density at radius 1 is 1.39 bits per heavy atom. The van der Waals surface area contributed by atoms with Gasteiger partial charge in [-0.15, -0.1) is 0 Å². The van der Waals surface area contributed by atoms with Gasteiger partial charge in [0.05, 0.1) is 25.5 Å². The Morgan fingerprint density at radius 2 is 2.06 bits per heavy atom. The quantitative estimate of drug-likeness (QED) is 0.798. The van der Waals surface area contributed by atoms with Crippen LogP contribution in [-0.4, -0.2) is 23.9 Å². The van der Waals surface area contributed by atoms with E-state index in [2.05, 4.69) is 5.10 Å². The van der Waals surface area contributed by atoms with E-state index in [1.165, 1.54) is 13.2 Å². The molecule has 0 radical (unpaired) electrons. The van der Waals surface area contributed by atoms with Crippen molar-refractivity contribution in [2.75, 3.05) is 19.2 Å². The molecule has 0 fully saturated rings. The third kappa shape index (κ3) is 2.57. The molecule has 96 valence electrons. The summed E-state index contributed by atoms with van der Waals surface area (Å²) < 4.78 is 6.66. The molecule has 0 unspecified atom stereocenters. The van der Waals surface area contributed by atoms with Crippen LogP contribution in [0.5, 0.6) is 5.75 Å². The summed E-state index contributed by atoms with van der Waals surface area (Å²) in [6.07, 6.45) is 1.46. The number of ether oxygens (including phenoxy) is 1. The number of nitrogens with zero attached hydrogens (tertiary/aromatic N) is 3. The number of hydrogen-bond donors (Lipinski definition) is 0. The molecular formula is C12H13ClN3O2-. The van der Waals surface area contributed by atoms with Gasteiger partial charge in [-0.05, 0) is 24.7 Å². The fraction of sp³-hybridized carbons (Fsp3) is 0.250. The standard InChI is InChI=1S/C12H13ClN3O2/c1-15(17)11-7-14-16(12(11)13)8-9-3-5-10(18-2)6-4-9/h3-7H,8H2,1-2H3/q-1. The van der Waals surface area contributed by atoms with Crippen LogP contribution in [0, 0.1) is 5.21 Å². The van der Waals surface area contributed by atoms with Crippen LogP contribution in [0.4, 0.5) is 5.69 Å². The zero-order valence-corrected chi connectivity index (χ0v) is 10.9. The predicted octanol–water partition coefficient (Wildman–Crippen LogP) is 2.53. The minimum atomic E-state index is 0.336. The molecule has 0 atom stereocenters. The average molecular weight is 267 g/mol. The Hall–Kier alpha value is -1.72. The van der Waals surface area contributed by atoms with Crippen LogP contribution in [0.2, 0.25) is 5.15 Å². The molecule has 0 spiro atoms. The molecule has 1 heterocycles. The third-order valence-electron chi connectivity index (χ3n) is 2.59. The monoisotopic (exact) mass is 266 g/mol. The van der Waals surface area contributed by atoms with Gasteiger partial charge < -0.3 is 15.0 Å². The molecule has 0 amide bonds. The number of hydrogen-bond acceptors (Lipinski definition) is 4. The second-order valence-electron chi connectivity index (χ2n) is 3.82. The number of hydroxylamine groups is 1. The summed E-state index contributed by atoms with van der Waals surface area (Å²) in [6, 6.07) is 7.59. The van der Waals surface area contributed by atoms with Crippen molar-refractivity contribution in [3.8, 4) is 5.75 Å². The molecule has 1 aromatic carbocycles. The summed E-state index contributed by atoms with van der Waals surface area (Å²) in [5.41, 5.74) is 1.39. The first kappa shape index (κ1) is 12.7. The van der Waals surface area contributed by atoms with Gasteiger partial charge in [-0.2, -0.15) is 5.10 Å². The molecule has 0 N–H and O–H groups in total. The van der Waals surface area contributed by atoms with E-state index < -0.39 is 0 Å². The second kappa shape index (κ2) is 5.29. The van der Waals surface area contributed by atoms with Crippen LogP contribution < -0.4 is 9.80 Å². The van der Waals surface area contributed by atoms with Gasteiger partial charge in [-0.1, -0.05) is 23.7 Å². The second-order valence-corrected chi connectivity index (χ2v) is 4.18. The van der Waals surface area contributed by atoms with Gasteiger partial charge in [0.15, 0.2) is 0 Å². The summed E-state index contributed by atoms with van der Waals surface area (Å²) >= 11 is 6.06. The molecule has 0 bridgehead atoms. The lowest BCUT2D eigenvalue weighted by Crippen LogP contribution is -2.06. The van der Waals surface area contributed by atoms with Crippen molar-refractivity contribution in [2.45, 2.75) is 6.54 Å². The van der Waals surface area contributed by atoms with Crippen molar-refractivity contribution in [1.29, 1.82) is 0 Å². The fourth-order valence-electron chi connectivity index (χ4n) is 1.59. The van der Waals surface area contributed by atoms with E-state index in [0.29, 0.717) is 22.4 Å². The summed E-state index contributed by atoms with van der Waals surface area (Å²) in [5, 5.41) is 16.3. The Balaban J connectivity index is 2.18. The lowest BCUT2D eigenvalue weighted by molar-refractivity contribution is 0.414. The molecule has 0 saturated heterocycles. The molecule has 1 aromatic heterocycles. The highest BCUT2D eigenvalue weighted by atomic mass is 35.5. The number of methoxy groups -OCH3 is 1. The zero-order valence-electron chi connectivity index (χ0n) is 10.1. The van der Waals surface area contributed by atoms with Crippen LogP contribution >= 0.6 is 11.6 Å². The largest absolute Gasteiger partial charge is 0.758 e. The first-order valence-corrected chi connectivity index (χ1v) is 5.74. The van der Waals surface area contributed by atoms with Crippen molar-refractivity contribution >= 4 is 17.3 Å². The number of aromatic nitrogens is 2. The van der Waals surface area contributed by atoms with Gasteiger partial charge in [0.1, 0.15) is 10.9 Å². The van der Waals surface area contributed by atoms with Crippen LogP contribution in [-0.2, 0) is 6.54 Å². The van der Waals surface area contributed by atoms with E-state index >= 15 is 0 Å². The summed E-state index contributed by atoms with van der Waals surface area (Å²) in [7, 11) is 3.01. The van der Waals surface area contributed by atoms with E-state index in [1.54, 1.807) is 11.8 Å². The van der Waals surface area contributed by atoms with Crippen molar-refractivity contribution < 1.29 is 4.74 Å². The molecule has 0 aliphatic rings. The highest BCUT2D eigenvalue weighted by Crippen LogP contribution is 2.24. The van der Waals surface area contributed by atoms with E-state index in [9.17, 15) is 5.21 Å². The maximum absolute atomic E-state index is 11.2. The van der Waals surface area contributed by atoms with Gasteiger partial charge >= 0.3 is 0 Å². The minimum absolute atomic E-state index is 0.336. The predicted molar refractivity (Wildman–Crippen MR) is 71.1 cm³/mol. The molecule has 2 rings (SSSR count). The maximum atomic E-state index is 11.2. The maximum Gasteiger partial charge on any atom is 0.149 e. The van der Waals surface area contributed by atoms with Gasteiger partial charge in [0, 0.05) is 0 Å². The summed E-state index contributed by atoms with van der Waals surface area (Å²) in [6.45, 7) is 0.511. The molecule has 2 aromatic rings. The normalized spacial score (nSPS) is 10.4. The van der Waals surface area contributed by atoms with Crippen LogP contribution in [0.25, 0.3) is 0 Å². The van der Waals surface area contributed by atoms with Gasteiger partial charge in [-0.25, -0.2) is 4.68 Å². The smallest absolute Gasteiger partial charge is 0.149 e. The number of rotatable bonds is 4. The van der Waals surface area contributed by atoms with Crippen molar-refractivity contribution in [2.24, 2.45) is 0 Å². The topological polar surface area (TPSA) is 53.3 Å². The molecular weight excluding hydrogens is 254 g/mol. The molecule has 0 aliphatic carbocycles. The highest BCUT2D eigenvalue weighted by molar-refractivity contribution is 6.32. The minimum Gasteiger partial charge on any atom is -0.758 e. The van der Waals surface area contributed by atoms with Crippen molar-refractivity contribution in [3.05, 3.63) is 46.4 Å². The number of benzene rings is 1. The van der Waals surface area contributed by atoms with E-state index in [1.807, 2.05) is 24.3 Å². The third-order valence-corrected chi connectivity index (χ3v) is 2.98.